The first-order valence-corrected chi connectivity index (χ1v) is 6.30. The van der Waals surface area contributed by atoms with E-state index in [0.29, 0.717) is 5.56 Å². The Bertz CT molecular complexity index is 692. The number of amides is 1. The molecule has 0 bridgehead atoms. The fraction of sp³-hybridized carbons (Fsp3) is 0.214. The lowest BCUT2D eigenvalue weighted by Gasteiger charge is -2.03. The summed E-state index contributed by atoms with van der Waals surface area (Å²) in [6, 6.07) is 5.98. The minimum absolute atomic E-state index is 0.0433. The molecule has 0 aliphatic carbocycles. The van der Waals surface area contributed by atoms with E-state index in [0.717, 1.165) is 11.4 Å². The summed E-state index contributed by atoms with van der Waals surface area (Å²) in [5, 5.41) is 26.6. The van der Waals surface area contributed by atoms with Crippen LogP contribution in [0.3, 0.4) is 0 Å². The minimum atomic E-state index is -0.323. The van der Waals surface area contributed by atoms with E-state index in [4.69, 9.17) is 5.11 Å². The first-order chi connectivity index (χ1) is 9.95. The Hall–Kier alpha value is -2.83. The monoisotopic (exact) mass is 288 g/mol. The predicted molar refractivity (Wildman–Crippen MR) is 77.2 cm³/mol. The van der Waals surface area contributed by atoms with Crippen LogP contribution in [0.25, 0.3) is 0 Å². The summed E-state index contributed by atoms with van der Waals surface area (Å²) < 4.78 is 1.58. The molecular weight excluding hydrogens is 272 g/mol. The van der Waals surface area contributed by atoms with Crippen molar-refractivity contribution in [1.82, 2.24) is 15.2 Å². The van der Waals surface area contributed by atoms with Crippen molar-refractivity contribution >= 4 is 12.1 Å². The van der Waals surface area contributed by atoms with Crippen LogP contribution in [0.5, 0.6) is 11.5 Å². The minimum Gasteiger partial charge on any atom is -0.508 e. The third-order valence-corrected chi connectivity index (χ3v) is 2.80. The number of aryl methyl sites for hydroxylation is 2. The van der Waals surface area contributed by atoms with Gasteiger partial charge in [-0.25, -0.2) is 5.43 Å². The van der Waals surface area contributed by atoms with Crippen LogP contribution in [0.1, 0.15) is 17.0 Å². The number of nitrogens with one attached hydrogen (secondary N) is 1. The summed E-state index contributed by atoms with van der Waals surface area (Å²) in [6.07, 6.45) is 1.30. The Morgan fingerprint density at radius 3 is 2.76 bits per heavy atom. The molecule has 1 aromatic heterocycles. The average molecular weight is 288 g/mol. The van der Waals surface area contributed by atoms with Gasteiger partial charge in [0.2, 0.25) is 0 Å². The number of phenolic OH excluding ortho intramolecular Hbond substituents is 2. The maximum atomic E-state index is 11.7. The standard InChI is InChI=1S/C14H16N4O3/c1-9-5-10(2)18(17-9)8-14(21)16-15-7-11-3-4-12(19)6-13(11)20/h3-7,19-20H,8H2,1-2H3,(H,16,21). The summed E-state index contributed by atoms with van der Waals surface area (Å²) in [4.78, 5) is 11.7. The van der Waals surface area contributed by atoms with Gasteiger partial charge in [-0.2, -0.15) is 10.2 Å². The lowest BCUT2D eigenvalue weighted by Crippen LogP contribution is -2.24. The third kappa shape index (κ3) is 3.82. The molecule has 1 amide bonds. The second kappa shape index (κ2) is 6.08. The van der Waals surface area contributed by atoms with Crippen LogP contribution in [0.15, 0.2) is 29.4 Å². The highest BCUT2D eigenvalue weighted by Gasteiger charge is 2.06. The number of hydrogen-bond donors (Lipinski definition) is 3. The molecular formula is C14H16N4O3. The summed E-state index contributed by atoms with van der Waals surface area (Å²) in [7, 11) is 0. The van der Waals surface area contributed by atoms with Crippen LogP contribution in [0.4, 0.5) is 0 Å². The van der Waals surface area contributed by atoms with Gasteiger partial charge in [-0.15, -0.1) is 0 Å². The maximum absolute atomic E-state index is 11.7. The summed E-state index contributed by atoms with van der Waals surface area (Å²) >= 11 is 0. The van der Waals surface area contributed by atoms with E-state index in [-0.39, 0.29) is 24.0 Å². The molecule has 0 spiro atoms. The van der Waals surface area contributed by atoms with Crippen LogP contribution in [0.2, 0.25) is 0 Å². The topological polar surface area (TPSA) is 99.7 Å². The number of benzene rings is 1. The zero-order chi connectivity index (χ0) is 15.4. The molecule has 7 heteroatoms. The van der Waals surface area contributed by atoms with Crippen molar-refractivity contribution in [3.8, 4) is 11.5 Å². The lowest BCUT2D eigenvalue weighted by molar-refractivity contribution is -0.121. The molecule has 0 radical (unpaired) electrons. The van der Waals surface area contributed by atoms with E-state index in [1.54, 1.807) is 4.68 Å². The van der Waals surface area contributed by atoms with Crippen LogP contribution in [0, 0.1) is 13.8 Å². The number of aromatic hydroxyl groups is 2. The molecule has 1 aromatic carbocycles. The van der Waals surface area contributed by atoms with E-state index in [1.165, 1.54) is 24.4 Å². The van der Waals surface area contributed by atoms with Gasteiger partial charge < -0.3 is 10.2 Å². The lowest BCUT2D eigenvalue weighted by atomic mass is 10.2. The first kappa shape index (κ1) is 14.6. The van der Waals surface area contributed by atoms with Crippen LogP contribution >= 0.6 is 0 Å². The van der Waals surface area contributed by atoms with Crippen LogP contribution in [-0.4, -0.2) is 32.1 Å². The quantitative estimate of drug-likeness (QED) is 0.578. The third-order valence-electron chi connectivity index (χ3n) is 2.80. The van der Waals surface area contributed by atoms with Gasteiger partial charge in [0.25, 0.3) is 5.91 Å². The maximum Gasteiger partial charge on any atom is 0.261 e. The van der Waals surface area contributed by atoms with Gasteiger partial charge in [0.05, 0.1) is 11.9 Å². The largest absolute Gasteiger partial charge is 0.508 e. The van der Waals surface area contributed by atoms with E-state index in [9.17, 15) is 9.90 Å². The number of carbonyl (C=O) groups is 1. The molecule has 0 fully saturated rings. The molecule has 1 heterocycles. The van der Waals surface area contributed by atoms with E-state index < -0.39 is 0 Å². The molecule has 0 saturated heterocycles. The zero-order valence-electron chi connectivity index (χ0n) is 11.7. The number of hydrazone groups is 1. The van der Waals surface area contributed by atoms with Crippen LogP contribution < -0.4 is 5.43 Å². The Labute approximate surface area is 121 Å². The van der Waals surface area contributed by atoms with Crippen molar-refractivity contribution in [2.24, 2.45) is 5.10 Å². The van der Waals surface area contributed by atoms with Gasteiger partial charge in [-0.05, 0) is 32.0 Å². The van der Waals surface area contributed by atoms with Crippen molar-refractivity contribution in [2.45, 2.75) is 20.4 Å². The molecule has 110 valence electrons. The number of hydrogen-bond acceptors (Lipinski definition) is 5. The van der Waals surface area contributed by atoms with Gasteiger partial charge in [-0.3, -0.25) is 9.48 Å². The zero-order valence-corrected chi connectivity index (χ0v) is 11.7. The van der Waals surface area contributed by atoms with Gasteiger partial charge in [0, 0.05) is 17.3 Å². The van der Waals surface area contributed by atoms with E-state index in [1.807, 2.05) is 19.9 Å². The van der Waals surface area contributed by atoms with Crippen molar-refractivity contribution in [2.75, 3.05) is 0 Å². The smallest absolute Gasteiger partial charge is 0.261 e. The van der Waals surface area contributed by atoms with Gasteiger partial charge in [0.1, 0.15) is 18.0 Å². The van der Waals surface area contributed by atoms with Crippen molar-refractivity contribution in [1.29, 1.82) is 0 Å². The average Bonchev–Trinajstić information content (AvgIpc) is 2.70. The molecule has 21 heavy (non-hydrogen) atoms. The second-order valence-electron chi connectivity index (χ2n) is 4.62. The summed E-state index contributed by atoms with van der Waals surface area (Å²) in [6.45, 7) is 3.79. The summed E-state index contributed by atoms with van der Waals surface area (Å²) in [5.41, 5.74) is 4.48. The first-order valence-electron chi connectivity index (χ1n) is 6.30. The molecule has 2 aromatic rings. The predicted octanol–water partition coefficient (Wildman–Crippen LogP) is 1.06. The molecule has 0 saturated carbocycles. The van der Waals surface area contributed by atoms with Gasteiger partial charge >= 0.3 is 0 Å². The number of phenols is 2. The fourth-order valence-electron chi connectivity index (χ4n) is 1.82. The Morgan fingerprint density at radius 1 is 1.38 bits per heavy atom. The molecule has 0 unspecified atom stereocenters. The Balaban J connectivity index is 1.94. The molecule has 0 aliphatic rings. The number of rotatable bonds is 4. The highest BCUT2D eigenvalue weighted by Crippen LogP contribution is 2.20. The van der Waals surface area contributed by atoms with Gasteiger partial charge in [-0.1, -0.05) is 0 Å². The van der Waals surface area contributed by atoms with Crippen molar-refractivity contribution in [3.63, 3.8) is 0 Å². The van der Waals surface area contributed by atoms with Gasteiger partial charge in [0.15, 0.2) is 0 Å². The SMILES string of the molecule is Cc1cc(C)n(CC(=O)NN=Cc2ccc(O)cc2O)n1. The van der Waals surface area contributed by atoms with E-state index in [2.05, 4.69) is 15.6 Å². The molecule has 2 rings (SSSR count). The van der Waals surface area contributed by atoms with Crippen molar-refractivity contribution < 1.29 is 15.0 Å². The Morgan fingerprint density at radius 2 is 2.14 bits per heavy atom. The molecule has 7 nitrogen and oxygen atoms in total. The number of carbonyl (C=O) groups excluding carboxylic acids is 1. The highest BCUT2D eigenvalue weighted by molar-refractivity contribution is 5.85. The van der Waals surface area contributed by atoms with Crippen LogP contribution in [-0.2, 0) is 11.3 Å². The van der Waals surface area contributed by atoms with E-state index >= 15 is 0 Å². The number of aromatic nitrogens is 2. The fourth-order valence-corrected chi connectivity index (χ4v) is 1.82. The Kier molecular flexibility index (Phi) is 4.22. The van der Waals surface area contributed by atoms with Crippen molar-refractivity contribution in [3.05, 3.63) is 41.2 Å². The second-order valence-corrected chi connectivity index (χ2v) is 4.62. The molecule has 3 N–H and O–H groups in total. The number of nitrogens with zero attached hydrogens (tertiary/aromatic N) is 3. The summed E-state index contributed by atoms with van der Waals surface area (Å²) in [5.74, 6) is -0.486. The molecule has 0 aliphatic heterocycles. The molecule has 0 atom stereocenters. The normalized spacial score (nSPS) is 11.0. The highest BCUT2D eigenvalue weighted by atomic mass is 16.3.